The van der Waals surface area contributed by atoms with Gasteiger partial charge in [-0.2, -0.15) is 5.10 Å². The largest absolute Gasteiger partial charge is 0.303 e. The number of nitrogens with zero attached hydrogens (tertiary/aromatic N) is 4. The normalized spacial score (nSPS) is 30.8. The summed E-state index contributed by atoms with van der Waals surface area (Å²) >= 11 is 0. The lowest BCUT2D eigenvalue weighted by molar-refractivity contribution is 0.0192. The van der Waals surface area contributed by atoms with Gasteiger partial charge in [0.05, 0.1) is 17.4 Å². The summed E-state index contributed by atoms with van der Waals surface area (Å²) in [6.07, 6.45) is 6.95. The van der Waals surface area contributed by atoms with E-state index in [4.69, 9.17) is 5.10 Å². The van der Waals surface area contributed by atoms with Crippen molar-refractivity contribution < 1.29 is 4.79 Å². The van der Waals surface area contributed by atoms with E-state index >= 15 is 0 Å². The molecule has 0 radical (unpaired) electrons. The fourth-order valence-electron chi connectivity index (χ4n) is 5.20. The smallest absolute Gasteiger partial charge is 0.168 e. The Bertz CT molecular complexity index is 822. The minimum atomic E-state index is 0. The third-order valence-corrected chi connectivity index (χ3v) is 6.42. The molecule has 0 spiro atoms. The van der Waals surface area contributed by atoms with Crippen LogP contribution in [0.15, 0.2) is 12.4 Å². The van der Waals surface area contributed by atoms with E-state index in [9.17, 15) is 4.79 Å². The summed E-state index contributed by atoms with van der Waals surface area (Å²) in [5, 5.41) is 5.93. The third-order valence-electron chi connectivity index (χ3n) is 6.42. The molecule has 25 heavy (non-hydrogen) atoms. The van der Waals surface area contributed by atoms with Crippen LogP contribution in [0.2, 0.25) is 0 Å². The van der Waals surface area contributed by atoms with Gasteiger partial charge in [0, 0.05) is 42.1 Å². The maximum Gasteiger partial charge on any atom is 0.168 e. The maximum atomic E-state index is 13.3. The van der Waals surface area contributed by atoms with Gasteiger partial charge in [-0.05, 0) is 51.6 Å². The van der Waals surface area contributed by atoms with Gasteiger partial charge in [-0.3, -0.25) is 14.5 Å². The molecule has 1 aliphatic carbocycles. The van der Waals surface area contributed by atoms with E-state index in [1.807, 2.05) is 10.9 Å². The average molecular weight is 361 g/mol. The van der Waals surface area contributed by atoms with Crippen molar-refractivity contribution in [2.45, 2.75) is 39.2 Å². The quantitative estimate of drug-likeness (QED) is 0.825. The summed E-state index contributed by atoms with van der Waals surface area (Å²) in [5.74, 6) is 1.61. The molecule has 2 aromatic heterocycles. The Kier molecular flexibility index (Phi) is 4.12. The van der Waals surface area contributed by atoms with Gasteiger partial charge < -0.3 is 4.90 Å². The molecular weight excluding hydrogens is 336 g/mol. The molecule has 2 bridgehead atoms. The van der Waals surface area contributed by atoms with Crippen molar-refractivity contribution in [3.05, 3.63) is 23.7 Å². The van der Waals surface area contributed by atoms with E-state index in [1.165, 1.54) is 25.9 Å². The minimum Gasteiger partial charge on any atom is -0.303 e. The van der Waals surface area contributed by atoms with Crippen LogP contribution in [-0.2, 0) is 6.42 Å². The van der Waals surface area contributed by atoms with E-state index in [0.29, 0.717) is 17.6 Å². The number of aromatic nitrogens is 3. The zero-order valence-corrected chi connectivity index (χ0v) is 15.6. The summed E-state index contributed by atoms with van der Waals surface area (Å²) in [6, 6.07) is 0.279. The molecule has 0 aromatic carbocycles. The number of hydrogen-bond acceptors (Lipinski definition) is 4. The maximum absolute atomic E-state index is 13.3. The van der Waals surface area contributed by atoms with E-state index in [0.717, 1.165) is 35.1 Å². The molecule has 6 heteroatoms. The molecule has 5 heterocycles. The van der Waals surface area contributed by atoms with Crippen LogP contribution < -0.4 is 0 Å². The van der Waals surface area contributed by atoms with Crippen molar-refractivity contribution in [3.63, 3.8) is 0 Å². The fourth-order valence-corrected chi connectivity index (χ4v) is 5.20. The van der Waals surface area contributed by atoms with Gasteiger partial charge in [-0.1, -0.05) is 0 Å². The van der Waals surface area contributed by atoms with Gasteiger partial charge in [0.2, 0.25) is 0 Å². The highest BCUT2D eigenvalue weighted by atomic mass is 35.5. The minimum absolute atomic E-state index is 0. The molecule has 3 fully saturated rings. The van der Waals surface area contributed by atoms with Crippen LogP contribution in [0.5, 0.6) is 0 Å². The predicted octanol–water partition coefficient (Wildman–Crippen LogP) is 3.13. The Hall–Kier alpha value is -1.46. The number of Topliss-reactive ketones (excluding diaryl/α,β-unsaturated/α-hetero) is 1. The molecule has 0 amide bonds. The van der Waals surface area contributed by atoms with Crippen molar-refractivity contribution in [3.8, 4) is 0 Å². The van der Waals surface area contributed by atoms with E-state index in [2.05, 4.69) is 23.7 Å². The van der Waals surface area contributed by atoms with Crippen LogP contribution >= 0.6 is 12.4 Å². The lowest BCUT2D eigenvalue weighted by Gasteiger charge is -2.47. The Balaban J connectivity index is 0.00000157. The highest BCUT2D eigenvalue weighted by Crippen LogP contribution is 2.42. The monoisotopic (exact) mass is 360 g/mol. The van der Waals surface area contributed by atoms with Gasteiger partial charge >= 0.3 is 0 Å². The summed E-state index contributed by atoms with van der Waals surface area (Å²) < 4.78 is 2.04. The summed E-state index contributed by atoms with van der Waals surface area (Å²) in [7, 11) is 0. The molecule has 2 atom stereocenters. The Labute approximate surface area is 154 Å². The topological polar surface area (TPSA) is 51.0 Å². The zero-order chi connectivity index (χ0) is 16.4. The standard InChI is InChI=1S/C19H24N4O.ClH/c1-11(2)23-17-9-20-8-14-18(17)16(21-23)7-13(19(14)24)15-10-22-5-3-12(15)4-6-22;/h8-9,11-13,15H,3-7,10H2,1-2H3;1H/t13-,15?;/m1./s1. The summed E-state index contributed by atoms with van der Waals surface area (Å²) in [6.45, 7) is 7.78. The first kappa shape index (κ1) is 17.0. The van der Waals surface area contributed by atoms with Crippen LogP contribution in [0.3, 0.4) is 0 Å². The highest BCUT2D eigenvalue weighted by Gasteiger charge is 2.44. The van der Waals surface area contributed by atoms with Crippen LogP contribution in [-0.4, -0.2) is 45.1 Å². The first-order valence-corrected chi connectivity index (χ1v) is 9.25. The molecule has 4 aliphatic rings. The van der Waals surface area contributed by atoms with Crippen molar-refractivity contribution in [1.82, 2.24) is 19.7 Å². The second kappa shape index (κ2) is 6.06. The second-order valence-electron chi connectivity index (χ2n) is 8.04. The van der Waals surface area contributed by atoms with Crippen molar-refractivity contribution in [2.75, 3.05) is 19.6 Å². The van der Waals surface area contributed by atoms with Crippen molar-refractivity contribution in [1.29, 1.82) is 0 Å². The summed E-state index contributed by atoms with van der Waals surface area (Å²) in [5.41, 5.74) is 2.93. The van der Waals surface area contributed by atoms with Crippen molar-refractivity contribution >= 4 is 29.1 Å². The van der Waals surface area contributed by atoms with Crippen LogP contribution in [0.1, 0.15) is 48.8 Å². The first-order chi connectivity index (χ1) is 11.6. The second-order valence-corrected chi connectivity index (χ2v) is 8.04. The van der Waals surface area contributed by atoms with Gasteiger partial charge in [-0.25, -0.2) is 0 Å². The van der Waals surface area contributed by atoms with E-state index < -0.39 is 0 Å². The predicted molar refractivity (Wildman–Crippen MR) is 99.3 cm³/mol. The van der Waals surface area contributed by atoms with E-state index in [1.54, 1.807) is 6.20 Å². The van der Waals surface area contributed by atoms with Gasteiger partial charge in [0.25, 0.3) is 0 Å². The van der Waals surface area contributed by atoms with Gasteiger partial charge in [0.15, 0.2) is 5.78 Å². The van der Waals surface area contributed by atoms with Crippen LogP contribution in [0.4, 0.5) is 0 Å². The number of fused-ring (bicyclic) bond motifs is 3. The Morgan fingerprint density at radius 3 is 2.60 bits per heavy atom. The number of piperidine rings is 3. The number of hydrogen-bond donors (Lipinski definition) is 0. The first-order valence-electron chi connectivity index (χ1n) is 9.25. The van der Waals surface area contributed by atoms with Gasteiger partial charge in [0.1, 0.15) is 0 Å². The van der Waals surface area contributed by atoms with Crippen molar-refractivity contribution in [2.24, 2.45) is 17.8 Å². The molecule has 0 saturated carbocycles. The molecule has 2 aromatic rings. The summed E-state index contributed by atoms with van der Waals surface area (Å²) in [4.78, 5) is 20.2. The molecule has 1 unspecified atom stereocenters. The van der Waals surface area contributed by atoms with E-state index in [-0.39, 0.29) is 24.4 Å². The van der Waals surface area contributed by atoms with Gasteiger partial charge in [-0.15, -0.1) is 12.4 Å². The molecule has 3 saturated heterocycles. The zero-order valence-electron chi connectivity index (χ0n) is 14.8. The number of halogens is 1. The number of pyridine rings is 1. The Morgan fingerprint density at radius 2 is 1.96 bits per heavy atom. The number of ketones is 1. The van der Waals surface area contributed by atoms with Crippen LogP contribution in [0.25, 0.3) is 10.9 Å². The molecule has 0 N–H and O–H groups in total. The third kappa shape index (κ3) is 2.43. The molecule has 3 aliphatic heterocycles. The molecule has 134 valence electrons. The number of carbonyl (C=O) groups is 1. The fraction of sp³-hybridized carbons (Fsp3) is 0.632. The number of carbonyl (C=O) groups excluding carboxylic acids is 1. The molecule has 6 rings (SSSR count). The molecular formula is C19H25ClN4O. The number of rotatable bonds is 2. The average Bonchev–Trinajstić information content (AvgIpc) is 2.99. The lowest BCUT2D eigenvalue weighted by Crippen LogP contribution is -2.51. The Morgan fingerprint density at radius 1 is 1.20 bits per heavy atom. The van der Waals surface area contributed by atoms with Crippen LogP contribution in [0, 0.1) is 17.8 Å². The SMILES string of the molecule is CC(C)n1nc2c3c(cncc31)C(=O)[C@@H](C1CN3CCC1CC3)C2.Cl. The lowest BCUT2D eigenvalue weighted by atomic mass is 9.67. The molecule has 5 nitrogen and oxygen atoms in total. The highest BCUT2D eigenvalue weighted by molar-refractivity contribution is 6.11.